The van der Waals surface area contributed by atoms with Crippen LogP contribution in [0.2, 0.25) is 0 Å². The van der Waals surface area contributed by atoms with E-state index < -0.39 is 0 Å². The Kier molecular flexibility index (Phi) is 4.45. The normalized spacial score (nSPS) is 10.3. The van der Waals surface area contributed by atoms with Crippen molar-refractivity contribution in [3.8, 4) is 0 Å². The predicted octanol–water partition coefficient (Wildman–Crippen LogP) is 2.51. The zero-order valence-corrected chi connectivity index (χ0v) is 10.8. The highest BCUT2D eigenvalue weighted by atomic mass is 32.1. The van der Waals surface area contributed by atoms with Gasteiger partial charge in [-0.15, -0.1) is 0 Å². The van der Waals surface area contributed by atoms with Crippen LogP contribution in [0.15, 0.2) is 60.7 Å². The zero-order valence-electron chi connectivity index (χ0n) is 9.95. The lowest BCUT2D eigenvalue weighted by Crippen LogP contribution is -2.16. The smallest absolute Gasteiger partial charge is 0.104 e. The first-order chi connectivity index (χ1) is 8.81. The van der Waals surface area contributed by atoms with Gasteiger partial charge in [0.25, 0.3) is 0 Å². The predicted molar refractivity (Wildman–Crippen MR) is 76.7 cm³/mol. The van der Waals surface area contributed by atoms with Crippen LogP contribution in [0.25, 0.3) is 0 Å². The first kappa shape index (κ1) is 12.7. The summed E-state index contributed by atoms with van der Waals surface area (Å²) in [6.45, 7) is 0. The van der Waals surface area contributed by atoms with Crippen molar-refractivity contribution in [3.63, 3.8) is 0 Å². The third-order valence-electron chi connectivity index (χ3n) is 2.92. The first-order valence-electron chi connectivity index (χ1n) is 5.82. The summed E-state index contributed by atoms with van der Waals surface area (Å²) in [6.07, 6.45) is 0.572. The van der Waals surface area contributed by atoms with Gasteiger partial charge in [0.15, 0.2) is 0 Å². The zero-order chi connectivity index (χ0) is 12.8. The minimum atomic E-state index is 0.147. The van der Waals surface area contributed by atoms with E-state index in [0.29, 0.717) is 22.7 Å². The van der Waals surface area contributed by atoms with Gasteiger partial charge >= 0.3 is 0 Å². The first-order valence-corrected chi connectivity index (χ1v) is 6.56. The number of nitrogens with two attached hydrogens (primary N) is 1. The van der Waals surface area contributed by atoms with E-state index in [1.807, 2.05) is 36.4 Å². The molecule has 0 saturated heterocycles. The number of hydrogen-bond donors (Lipinski definition) is 1. The highest BCUT2D eigenvalue weighted by molar-refractivity contribution is 7.66. The van der Waals surface area contributed by atoms with Crippen LogP contribution in [0.5, 0.6) is 0 Å². The van der Waals surface area contributed by atoms with Crippen molar-refractivity contribution < 1.29 is 4.21 Å². The van der Waals surface area contributed by atoms with E-state index >= 15 is 0 Å². The Balaban J connectivity index is 2.38. The summed E-state index contributed by atoms with van der Waals surface area (Å²) < 4.78 is 10.8. The molecule has 0 aliphatic carbocycles. The summed E-state index contributed by atoms with van der Waals surface area (Å²) >= 11 is 0.387. The maximum Gasteiger partial charge on any atom is 0.104 e. The van der Waals surface area contributed by atoms with E-state index in [2.05, 4.69) is 24.3 Å². The Hall–Kier alpha value is -1.71. The van der Waals surface area contributed by atoms with Crippen molar-refractivity contribution in [2.75, 3.05) is 0 Å². The summed E-state index contributed by atoms with van der Waals surface area (Å²) in [5.41, 5.74) is 8.08. The second-order valence-corrected chi connectivity index (χ2v) is 4.82. The quantitative estimate of drug-likeness (QED) is 0.855. The second-order valence-electron chi connectivity index (χ2n) is 4.13. The van der Waals surface area contributed by atoms with Crippen LogP contribution in [0.1, 0.15) is 23.5 Å². The summed E-state index contributed by atoms with van der Waals surface area (Å²) in [5, 5.41) is 0. The fourth-order valence-corrected chi connectivity index (χ4v) is 2.27. The molecule has 0 radical (unpaired) electrons. The van der Waals surface area contributed by atoms with Crippen molar-refractivity contribution in [3.05, 3.63) is 71.8 Å². The average Bonchev–Trinajstić information content (AvgIpc) is 2.46. The van der Waals surface area contributed by atoms with Gasteiger partial charge in [0.2, 0.25) is 0 Å². The summed E-state index contributed by atoms with van der Waals surface area (Å²) in [4.78, 5) is 0.424. The van der Waals surface area contributed by atoms with E-state index in [0.717, 1.165) is 0 Å². The van der Waals surface area contributed by atoms with E-state index in [1.165, 1.54) is 11.1 Å². The van der Waals surface area contributed by atoms with Gasteiger partial charge in [-0.2, -0.15) is 0 Å². The van der Waals surface area contributed by atoms with Crippen LogP contribution < -0.4 is 5.73 Å². The average molecular weight is 257 g/mol. The maximum absolute atomic E-state index is 10.8. The topological polar surface area (TPSA) is 43.1 Å². The standard InChI is InChI=1S/C15H15NOS/c16-15(18-17)11-14(12-7-3-1-4-8-12)13-9-5-2-6-10-13/h1-10,14H,11,16H2. The van der Waals surface area contributed by atoms with Crippen molar-refractivity contribution in [1.29, 1.82) is 0 Å². The molecule has 92 valence electrons. The van der Waals surface area contributed by atoms with Crippen LogP contribution in [-0.2, 0) is 11.3 Å². The highest BCUT2D eigenvalue weighted by Crippen LogP contribution is 2.27. The molecule has 0 heterocycles. The van der Waals surface area contributed by atoms with Gasteiger partial charge in [0.1, 0.15) is 11.3 Å². The third kappa shape index (κ3) is 3.15. The van der Waals surface area contributed by atoms with E-state index in [9.17, 15) is 4.21 Å². The molecule has 18 heavy (non-hydrogen) atoms. The monoisotopic (exact) mass is 257 g/mol. The Morgan fingerprint density at radius 3 is 1.78 bits per heavy atom. The van der Waals surface area contributed by atoms with Crippen LogP contribution in [0.3, 0.4) is 0 Å². The molecule has 3 heteroatoms. The second kappa shape index (κ2) is 6.28. The number of hydrogen-bond acceptors (Lipinski definition) is 1. The molecular weight excluding hydrogens is 242 g/mol. The molecule has 0 aliphatic rings. The molecule has 2 aromatic rings. The molecule has 0 atom stereocenters. The lowest BCUT2D eigenvalue weighted by Gasteiger charge is -2.17. The molecule has 0 spiro atoms. The van der Waals surface area contributed by atoms with Gasteiger partial charge in [-0.3, -0.25) is 5.73 Å². The van der Waals surface area contributed by atoms with Gasteiger partial charge < -0.3 is 0 Å². The van der Waals surface area contributed by atoms with Crippen LogP contribution >= 0.6 is 0 Å². The highest BCUT2D eigenvalue weighted by Gasteiger charge is 2.14. The summed E-state index contributed by atoms with van der Waals surface area (Å²) in [5.74, 6) is 0.147. The van der Waals surface area contributed by atoms with Crippen LogP contribution in [0.4, 0.5) is 0 Å². The van der Waals surface area contributed by atoms with Gasteiger partial charge in [0, 0.05) is 12.3 Å². The fourth-order valence-electron chi connectivity index (χ4n) is 2.03. The third-order valence-corrected chi connectivity index (χ3v) is 3.30. The van der Waals surface area contributed by atoms with Crippen LogP contribution in [-0.4, -0.2) is 9.20 Å². The molecule has 0 fully saturated rings. The van der Waals surface area contributed by atoms with Gasteiger partial charge in [0.05, 0.1) is 4.99 Å². The molecule has 0 bridgehead atoms. The molecule has 2 aromatic carbocycles. The van der Waals surface area contributed by atoms with Crippen LogP contribution in [0, 0.1) is 0 Å². The van der Waals surface area contributed by atoms with Crippen molar-refractivity contribution in [1.82, 2.24) is 0 Å². The molecule has 0 unspecified atom stereocenters. The maximum atomic E-state index is 10.8. The van der Waals surface area contributed by atoms with E-state index in [1.54, 1.807) is 0 Å². The van der Waals surface area contributed by atoms with Crippen molar-refractivity contribution in [2.24, 2.45) is 5.73 Å². The van der Waals surface area contributed by atoms with E-state index in [-0.39, 0.29) is 5.92 Å². The lowest BCUT2D eigenvalue weighted by molar-refractivity contribution is 0.700. The summed E-state index contributed by atoms with van der Waals surface area (Å²) in [6, 6.07) is 20.3. The van der Waals surface area contributed by atoms with Gasteiger partial charge in [-0.25, -0.2) is 4.21 Å². The molecule has 0 aromatic heterocycles. The van der Waals surface area contributed by atoms with E-state index in [4.69, 9.17) is 5.73 Å². The SMILES string of the molecule is NC(CC(c1ccccc1)c1ccccc1)=S=O. The number of rotatable bonds is 4. The fraction of sp³-hybridized carbons (Fsp3) is 0.133. The molecular formula is C15H15NOS. The Labute approximate surface area is 111 Å². The molecule has 0 aliphatic heterocycles. The number of benzene rings is 2. The largest absolute Gasteiger partial charge is 0.295 e. The Morgan fingerprint density at radius 2 is 1.39 bits per heavy atom. The minimum absolute atomic E-state index is 0.147. The Bertz CT molecular complexity index is 508. The van der Waals surface area contributed by atoms with Gasteiger partial charge in [-0.1, -0.05) is 60.7 Å². The molecule has 0 amide bonds. The van der Waals surface area contributed by atoms with Crippen molar-refractivity contribution in [2.45, 2.75) is 12.3 Å². The van der Waals surface area contributed by atoms with Gasteiger partial charge in [-0.05, 0) is 11.1 Å². The molecule has 2 N–H and O–H groups in total. The minimum Gasteiger partial charge on any atom is -0.295 e. The Morgan fingerprint density at radius 1 is 0.944 bits per heavy atom. The lowest BCUT2D eigenvalue weighted by atomic mass is 9.89. The molecule has 0 saturated carbocycles. The molecule has 2 nitrogen and oxygen atoms in total. The van der Waals surface area contributed by atoms with Crippen molar-refractivity contribution >= 4 is 16.2 Å². The summed E-state index contributed by atoms with van der Waals surface area (Å²) in [7, 11) is 0. The molecule has 2 rings (SSSR count).